The van der Waals surface area contributed by atoms with Crippen molar-refractivity contribution >= 4 is 9.84 Å². The average molecular weight is 305 g/mol. The summed E-state index contributed by atoms with van der Waals surface area (Å²) in [6, 6.07) is 0. The van der Waals surface area contributed by atoms with E-state index in [-0.39, 0.29) is 12.2 Å². The molecule has 0 spiro atoms. The fraction of sp³-hybridized carbons (Fsp3) is 1.00. The number of nitrogens with one attached hydrogen (secondary N) is 1. The molecule has 0 rings (SSSR count). The first-order chi connectivity index (χ1) is 8.62. The molecular weight excluding hydrogens is 283 g/mol. The average Bonchev–Trinajstić information content (AvgIpc) is 2.20. The summed E-state index contributed by atoms with van der Waals surface area (Å²) < 4.78 is 58.5. The largest absolute Gasteiger partial charge is 0.392 e. The molecule has 0 heterocycles. The molecule has 1 unspecified atom stereocenters. The zero-order valence-corrected chi connectivity index (χ0v) is 11.9. The van der Waals surface area contributed by atoms with Crippen LogP contribution >= 0.6 is 0 Å². The van der Waals surface area contributed by atoms with Crippen LogP contribution in [0, 0.1) is 0 Å². The first-order valence-electron chi connectivity index (χ1n) is 6.28. The van der Waals surface area contributed by atoms with Crippen LogP contribution in [0.2, 0.25) is 0 Å². The summed E-state index contributed by atoms with van der Waals surface area (Å²) in [4.78, 5) is 0. The third kappa shape index (κ3) is 13.9. The van der Waals surface area contributed by atoms with E-state index >= 15 is 0 Å². The van der Waals surface area contributed by atoms with Gasteiger partial charge in [0.15, 0.2) is 0 Å². The second-order valence-electron chi connectivity index (χ2n) is 4.63. The van der Waals surface area contributed by atoms with Gasteiger partial charge in [-0.3, -0.25) is 0 Å². The molecule has 0 aromatic carbocycles. The number of alkyl halides is 3. The van der Waals surface area contributed by atoms with E-state index in [0.717, 1.165) is 0 Å². The fourth-order valence-corrected chi connectivity index (χ4v) is 2.91. The van der Waals surface area contributed by atoms with Crippen LogP contribution in [0.1, 0.15) is 32.6 Å². The third-order valence-electron chi connectivity index (χ3n) is 2.41. The molecule has 0 bridgehead atoms. The van der Waals surface area contributed by atoms with E-state index < -0.39 is 34.3 Å². The summed E-state index contributed by atoms with van der Waals surface area (Å²) in [6.45, 7) is 2.67. The van der Waals surface area contributed by atoms with Crippen molar-refractivity contribution in [3.05, 3.63) is 0 Å². The van der Waals surface area contributed by atoms with Gasteiger partial charge in [-0.1, -0.05) is 0 Å². The van der Waals surface area contributed by atoms with Crippen LogP contribution in [0.4, 0.5) is 13.2 Å². The Morgan fingerprint density at radius 2 is 1.74 bits per heavy atom. The van der Waals surface area contributed by atoms with E-state index in [2.05, 4.69) is 5.32 Å². The standard InChI is InChI=1S/C11H22F3NO3S/c1-10(16)9-15-6-2-3-7-19(17,18)8-4-5-11(12,13)14/h10,15-16H,2-9H2,1H3. The summed E-state index contributed by atoms with van der Waals surface area (Å²) in [5.74, 6) is -0.491. The molecule has 0 amide bonds. The Morgan fingerprint density at radius 3 is 2.26 bits per heavy atom. The monoisotopic (exact) mass is 305 g/mol. The number of unbranched alkanes of at least 4 members (excludes halogenated alkanes) is 1. The molecule has 1 atom stereocenters. The van der Waals surface area contributed by atoms with Crippen LogP contribution in [0.25, 0.3) is 0 Å². The van der Waals surface area contributed by atoms with E-state index in [1.54, 1.807) is 6.92 Å². The number of aliphatic hydroxyl groups excluding tert-OH is 1. The van der Waals surface area contributed by atoms with Gasteiger partial charge in [0, 0.05) is 13.0 Å². The van der Waals surface area contributed by atoms with Gasteiger partial charge in [-0.15, -0.1) is 0 Å². The van der Waals surface area contributed by atoms with Crippen molar-refractivity contribution in [3.63, 3.8) is 0 Å². The molecule has 0 aliphatic rings. The summed E-state index contributed by atoms with van der Waals surface area (Å²) in [6.07, 6.45) is -5.13. The van der Waals surface area contributed by atoms with Crippen LogP contribution in [0.5, 0.6) is 0 Å². The molecule has 0 aliphatic heterocycles. The molecule has 0 saturated carbocycles. The van der Waals surface area contributed by atoms with Crippen molar-refractivity contribution in [3.8, 4) is 0 Å². The van der Waals surface area contributed by atoms with Crippen LogP contribution in [0.15, 0.2) is 0 Å². The Kier molecular flexibility index (Phi) is 8.60. The normalized spacial score (nSPS) is 14.6. The number of aliphatic hydroxyl groups is 1. The van der Waals surface area contributed by atoms with Gasteiger partial charge in [-0.2, -0.15) is 13.2 Å². The van der Waals surface area contributed by atoms with Crippen LogP contribution in [-0.2, 0) is 9.84 Å². The van der Waals surface area contributed by atoms with Gasteiger partial charge >= 0.3 is 6.18 Å². The number of hydrogen-bond acceptors (Lipinski definition) is 4. The van der Waals surface area contributed by atoms with Crippen molar-refractivity contribution < 1.29 is 26.7 Å². The first kappa shape index (κ1) is 18.7. The van der Waals surface area contributed by atoms with E-state index in [1.807, 2.05) is 0 Å². The maximum Gasteiger partial charge on any atom is 0.389 e. The van der Waals surface area contributed by atoms with E-state index in [9.17, 15) is 21.6 Å². The second-order valence-corrected chi connectivity index (χ2v) is 6.93. The number of sulfone groups is 1. The molecule has 0 aromatic heterocycles. The molecule has 2 N–H and O–H groups in total. The number of rotatable bonds is 10. The Balaban J connectivity index is 3.63. The Labute approximate surface area is 112 Å². The van der Waals surface area contributed by atoms with Crippen LogP contribution in [0.3, 0.4) is 0 Å². The molecule has 19 heavy (non-hydrogen) atoms. The number of halogens is 3. The van der Waals surface area contributed by atoms with Crippen molar-refractivity contribution in [2.75, 3.05) is 24.6 Å². The Morgan fingerprint density at radius 1 is 1.16 bits per heavy atom. The highest BCUT2D eigenvalue weighted by Crippen LogP contribution is 2.21. The summed E-state index contributed by atoms with van der Waals surface area (Å²) in [5, 5.41) is 11.9. The third-order valence-corrected chi connectivity index (χ3v) is 4.24. The lowest BCUT2D eigenvalue weighted by molar-refractivity contribution is -0.134. The van der Waals surface area contributed by atoms with Gasteiger partial charge in [0.05, 0.1) is 17.6 Å². The fourth-order valence-electron chi connectivity index (χ4n) is 1.48. The SMILES string of the molecule is CC(O)CNCCCCS(=O)(=O)CCCC(F)(F)F. The maximum atomic E-state index is 11.9. The maximum absolute atomic E-state index is 11.9. The molecular formula is C11H22F3NO3S. The van der Waals surface area contributed by atoms with Crippen molar-refractivity contribution in [1.82, 2.24) is 5.32 Å². The molecule has 0 aliphatic carbocycles. The number of hydrogen-bond donors (Lipinski definition) is 2. The first-order valence-corrected chi connectivity index (χ1v) is 8.10. The predicted molar refractivity (Wildman–Crippen MR) is 67.7 cm³/mol. The van der Waals surface area contributed by atoms with Gasteiger partial charge in [0.25, 0.3) is 0 Å². The van der Waals surface area contributed by atoms with Gasteiger partial charge in [0.2, 0.25) is 0 Å². The molecule has 4 nitrogen and oxygen atoms in total. The summed E-state index contributed by atoms with van der Waals surface area (Å²) >= 11 is 0. The molecule has 0 aromatic rings. The Bertz CT molecular complexity index is 329. The lowest BCUT2D eigenvalue weighted by atomic mass is 10.3. The lowest BCUT2D eigenvalue weighted by Crippen LogP contribution is -2.25. The van der Waals surface area contributed by atoms with Crippen LogP contribution in [-0.4, -0.2) is 50.4 Å². The minimum Gasteiger partial charge on any atom is -0.392 e. The minimum absolute atomic E-state index is 0.0821. The topological polar surface area (TPSA) is 66.4 Å². The van der Waals surface area contributed by atoms with E-state index in [0.29, 0.717) is 25.9 Å². The van der Waals surface area contributed by atoms with Crippen molar-refractivity contribution in [1.29, 1.82) is 0 Å². The molecule has 116 valence electrons. The molecule has 0 fully saturated rings. The highest BCUT2D eigenvalue weighted by molar-refractivity contribution is 7.91. The van der Waals surface area contributed by atoms with Gasteiger partial charge < -0.3 is 10.4 Å². The Hall–Kier alpha value is -0.340. The summed E-state index contributed by atoms with van der Waals surface area (Å²) in [5.41, 5.74) is 0. The molecule has 0 saturated heterocycles. The van der Waals surface area contributed by atoms with E-state index in [1.165, 1.54) is 0 Å². The lowest BCUT2D eigenvalue weighted by Gasteiger charge is -2.08. The summed E-state index contributed by atoms with van der Waals surface area (Å²) in [7, 11) is -3.38. The highest BCUT2D eigenvalue weighted by atomic mass is 32.2. The zero-order chi connectivity index (χ0) is 14.9. The van der Waals surface area contributed by atoms with Gasteiger partial charge in [-0.25, -0.2) is 8.42 Å². The predicted octanol–water partition coefficient (Wildman–Crippen LogP) is 1.49. The molecule has 8 heteroatoms. The zero-order valence-electron chi connectivity index (χ0n) is 11.0. The highest BCUT2D eigenvalue weighted by Gasteiger charge is 2.27. The minimum atomic E-state index is -4.29. The smallest absolute Gasteiger partial charge is 0.389 e. The van der Waals surface area contributed by atoms with Gasteiger partial charge in [0.1, 0.15) is 9.84 Å². The van der Waals surface area contributed by atoms with Crippen molar-refractivity contribution in [2.45, 2.75) is 44.9 Å². The van der Waals surface area contributed by atoms with Crippen LogP contribution < -0.4 is 5.32 Å². The van der Waals surface area contributed by atoms with Gasteiger partial charge in [-0.05, 0) is 32.7 Å². The molecule has 0 radical (unpaired) electrons. The second kappa shape index (κ2) is 8.76. The quantitative estimate of drug-likeness (QED) is 0.600. The van der Waals surface area contributed by atoms with E-state index in [4.69, 9.17) is 5.11 Å². The van der Waals surface area contributed by atoms with Crippen molar-refractivity contribution in [2.24, 2.45) is 0 Å².